The molecule has 0 unspecified atom stereocenters. The van der Waals surface area contributed by atoms with E-state index in [-0.39, 0.29) is 11.4 Å². The second-order valence-corrected chi connectivity index (χ2v) is 7.54. The SMILES string of the molecule is CN(CC1(O)CCOCC1)S(=O)(=O)c1cccc(Cl)c1. The molecule has 1 saturated heterocycles. The van der Waals surface area contributed by atoms with Gasteiger partial charge in [-0.15, -0.1) is 0 Å². The molecule has 0 saturated carbocycles. The van der Waals surface area contributed by atoms with Crippen molar-refractivity contribution in [2.75, 3.05) is 26.8 Å². The fourth-order valence-corrected chi connectivity index (χ4v) is 3.77. The maximum atomic E-state index is 12.4. The van der Waals surface area contributed by atoms with Crippen molar-refractivity contribution in [3.63, 3.8) is 0 Å². The van der Waals surface area contributed by atoms with Crippen LogP contribution in [0.3, 0.4) is 0 Å². The largest absolute Gasteiger partial charge is 0.388 e. The first-order valence-electron chi connectivity index (χ1n) is 6.36. The lowest BCUT2D eigenvalue weighted by molar-refractivity contribution is -0.0689. The van der Waals surface area contributed by atoms with Crippen LogP contribution in [0.15, 0.2) is 29.2 Å². The first-order chi connectivity index (χ1) is 9.33. The van der Waals surface area contributed by atoms with E-state index in [0.717, 1.165) is 0 Å². The third-order valence-electron chi connectivity index (χ3n) is 3.44. The van der Waals surface area contributed by atoms with E-state index >= 15 is 0 Å². The van der Waals surface area contributed by atoms with Crippen LogP contribution in [-0.2, 0) is 14.8 Å². The van der Waals surface area contributed by atoms with Crippen molar-refractivity contribution < 1.29 is 18.3 Å². The van der Waals surface area contributed by atoms with Gasteiger partial charge in [0.2, 0.25) is 10.0 Å². The molecule has 1 aromatic carbocycles. The zero-order valence-electron chi connectivity index (χ0n) is 11.3. The molecule has 0 bridgehead atoms. The number of likely N-dealkylation sites (N-methyl/N-ethyl adjacent to an activating group) is 1. The van der Waals surface area contributed by atoms with Crippen molar-refractivity contribution >= 4 is 21.6 Å². The van der Waals surface area contributed by atoms with Crippen molar-refractivity contribution in [2.24, 2.45) is 0 Å². The molecule has 1 aliphatic heterocycles. The third kappa shape index (κ3) is 3.51. The van der Waals surface area contributed by atoms with Gasteiger partial charge in [-0.05, 0) is 18.2 Å². The lowest BCUT2D eigenvalue weighted by Crippen LogP contribution is -2.47. The highest BCUT2D eigenvalue weighted by Gasteiger charge is 2.34. The molecule has 0 aromatic heterocycles. The number of rotatable bonds is 4. The number of benzene rings is 1. The Morgan fingerprint density at radius 1 is 1.40 bits per heavy atom. The minimum atomic E-state index is -3.65. The lowest BCUT2D eigenvalue weighted by Gasteiger charge is -2.35. The Morgan fingerprint density at radius 2 is 2.05 bits per heavy atom. The summed E-state index contributed by atoms with van der Waals surface area (Å²) in [5.41, 5.74) is -1.03. The van der Waals surface area contributed by atoms with Crippen LogP contribution in [0.4, 0.5) is 0 Å². The summed E-state index contributed by atoms with van der Waals surface area (Å²) in [4.78, 5) is 0.128. The van der Waals surface area contributed by atoms with Crippen LogP contribution in [0.5, 0.6) is 0 Å². The Hall–Kier alpha value is -0.660. The van der Waals surface area contributed by atoms with Crippen LogP contribution in [0, 0.1) is 0 Å². The molecule has 0 amide bonds. The van der Waals surface area contributed by atoms with Crippen molar-refractivity contribution in [2.45, 2.75) is 23.3 Å². The summed E-state index contributed by atoms with van der Waals surface area (Å²) in [6, 6.07) is 6.10. The van der Waals surface area contributed by atoms with Gasteiger partial charge in [-0.3, -0.25) is 0 Å². The fourth-order valence-electron chi connectivity index (χ4n) is 2.22. The van der Waals surface area contributed by atoms with Crippen LogP contribution in [0.1, 0.15) is 12.8 Å². The normalized spacial score (nSPS) is 19.2. The van der Waals surface area contributed by atoms with Gasteiger partial charge < -0.3 is 9.84 Å². The van der Waals surface area contributed by atoms with Gasteiger partial charge in [0.15, 0.2) is 0 Å². The first-order valence-corrected chi connectivity index (χ1v) is 8.17. The summed E-state index contributed by atoms with van der Waals surface area (Å²) in [5.74, 6) is 0. The molecule has 2 rings (SSSR count). The van der Waals surface area contributed by atoms with Crippen LogP contribution >= 0.6 is 11.6 Å². The number of halogens is 1. The number of ether oxygens (including phenoxy) is 1. The molecule has 0 radical (unpaired) electrons. The predicted molar refractivity (Wildman–Crippen MR) is 76.3 cm³/mol. The van der Waals surface area contributed by atoms with E-state index in [1.165, 1.54) is 23.5 Å². The fraction of sp³-hybridized carbons (Fsp3) is 0.538. The zero-order valence-corrected chi connectivity index (χ0v) is 12.8. The highest BCUT2D eigenvalue weighted by Crippen LogP contribution is 2.25. The Balaban J connectivity index is 2.17. The van der Waals surface area contributed by atoms with Crippen molar-refractivity contribution in [3.05, 3.63) is 29.3 Å². The predicted octanol–water partition coefficient (Wildman–Crippen LogP) is 1.50. The Kier molecular flexibility index (Phi) is 4.71. The Bertz CT molecular complexity index is 569. The molecule has 20 heavy (non-hydrogen) atoms. The van der Waals surface area contributed by atoms with Gasteiger partial charge >= 0.3 is 0 Å². The minimum Gasteiger partial charge on any atom is -0.388 e. The maximum Gasteiger partial charge on any atom is 0.242 e. The second-order valence-electron chi connectivity index (χ2n) is 5.06. The standard InChI is InChI=1S/C13H18ClNO4S/c1-15(10-13(16)5-7-19-8-6-13)20(17,18)12-4-2-3-11(14)9-12/h2-4,9,16H,5-8,10H2,1H3. The van der Waals surface area contributed by atoms with E-state index in [1.54, 1.807) is 12.1 Å². The molecule has 1 N–H and O–H groups in total. The quantitative estimate of drug-likeness (QED) is 0.913. The van der Waals surface area contributed by atoms with E-state index in [4.69, 9.17) is 16.3 Å². The molecular weight excluding hydrogens is 302 g/mol. The highest BCUT2D eigenvalue weighted by atomic mass is 35.5. The van der Waals surface area contributed by atoms with E-state index in [0.29, 0.717) is 31.1 Å². The summed E-state index contributed by atoms with van der Waals surface area (Å²) in [7, 11) is -2.19. The number of aliphatic hydroxyl groups is 1. The van der Waals surface area contributed by atoms with Crippen LogP contribution in [0.2, 0.25) is 5.02 Å². The van der Waals surface area contributed by atoms with Crippen LogP contribution in [-0.4, -0.2) is 50.2 Å². The minimum absolute atomic E-state index is 0.0468. The summed E-state index contributed by atoms with van der Waals surface area (Å²) in [6.07, 6.45) is 0.866. The van der Waals surface area contributed by atoms with E-state index in [1.807, 2.05) is 0 Å². The summed E-state index contributed by atoms with van der Waals surface area (Å²) in [5, 5.41) is 10.8. The Labute approximate surface area is 124 Å². The molecule has 0 atom stereocenters. The number of hydrogen-bond acceptors (Lipinski definition) is 4. The molecule has 1 fully saturated rings. The van der Waals surface area contributed by atoms with E-state index < -0.39 is 15.6 Å². The molecule has 7 heteroatoms. The molecule has 0 spiro atoms. The van der Waals surface area contributed by atoms with Gasteiger partial charge in [-0.1, -0.05) is 17.7 Å². The summed E-state index contributed by atoms with van der Waals surface area (Å²) in [6.45, 7) is 0.939. The molecule has 5 nitrogen and oxygen atoms in total. The van der Waals surface area contributed by atoms with Crippen molar-refractivity contribution in [3.8, 4) is 0 Å². The van der Waals surface area contributed by atoms with Crippen molar-refractivity contribution in [1.82, 2.24) is 4.31 Å². The van der Waals surface area contributed by atoms with Gasteiger partial charge in [-0.25, -0.2) is 8.42 Å². The summed E-state index contributed by atoms with van der Waals surface area (Å²) >= 11 is 5.83. The number of nitrogens with zero attached hydrogens (tertiary/aromatic N) is 1. The molecule has 1 aliphatic rings. The molecule has 1 aromatic rings. The number of sulfonamides is 1. The van der Waals surface area contributed by atoms with Crippen LogP contribution in [0.25, 0.3) is 0 Å². The Morgan fingerprint density at radius 3 is 2.65 bits per heavy atom. The van der Waals surface area contributed by atoms with Gasteiger partial charge in [0.05, 0.1) is 10.5 Å². The molecular formula is C13H18ClNO4S. The number of hydrogen-bond donors (Lipinski definition) is 1. The zero-order chi connectivity index (χ0) is 14.8. The molecule has 112 valence electrons. The van der Waals surface area contributed by atoms with Crippen molar-refractivity contribution in [1.29, 1.82) is 0 Å². The first kappa shape index (κ1) is 15.7. The average molecular weight is 320 g/mol. The van der Waals surface area contributed by atoms with Gasteiger partial charge in [-0.2, -0.15) is 4.31 Å². The van der Waals surface area contributed by atoms with E-state index in [2.05, 4.69) is 0 Å². The van der Waals surface area contributed by atoms with Gasteiger partial charge in [0.25, 0.3) is 0 Å². The average Bonchev–Trinajstić information content (AvgIpc) is 2.39. The van der Waals surface area contributed by atoms with Crippen LogP contribution < -0.4 is 0 Å². The van der Waals surface area contributed by atoms with Gasteiger partial charge in [0.1, 0.15) is 0 Å². The lowest BCUT2D eigenvalue weighted by atomic mass is 9.95. The third-order valence-corrected chi connectivity index (χ3v) is 5.48. The monoisotopic (exact) mass is 319 g/mol. The highest BCUT2D eigenvalue weighted by molar-refractivity contribution is 7.89. The maximum absolute atomic E-state index is 12.4. The summed E-state index contributed by atoms with van der Waals surface area (Å²) < 4.78 is 31.2. The second kappa shape index (κ2) is 5.99. The van der Waals surface area contributed by atoms with E-state index in [9.17, 15) is 13.5 Å². The topological polar surface area (TPSA) is 66.8 Å². The van der Waals surface area contributed by atoms with Gasteiger partial charge in [0, 0.05) is 44.7 Å². The molecule has 1 heterocycles. The molecule has 0 aliphatic carbocycles. The smallest absolute Gasteiger partial charge is 0.242 e.